The summed E-state index contributed by atoms with van der Waals surface area (Å²) < 4.78 is 0.850. The van der Waals surface area contributed by atoms with Gasteiger partial charge in [0, 0.05) is 26.3 Å². The number of carbonyl (C=O) groups is 1. The topological polar surface area (TPSA) is 63.4 Å². The van der Waals surface area contributed by atoms with Crippen LogP contribution < -0.4 is 0 Å². The van der Waals surface area contributed by atoms with Gasteiger partial charge in [-0.05, 0) is 24.3 Å². The molecule has 0 amide bonds. The van der Waals surface area contributed by atoms with E-state index in [1.54, 1.807) is 12.1 Å². The first-order chi connectivity index (χ1) is 7.30. The molecule has 0 aliphatic rings. The predicted octanol–water partition coefficient (Wildman–Crippen LogP) is 2.11. The van der Waals surface area contributed by atoms with Crippen molar-refractivity contribution < 1.29 is 14.6 Å². The van der Waals surface area contributed by atoms with Crippen LogP contribution >= 0.6 is 0 Å². The number of rotatable bonds is 2. The summed E-state index contributed by atoms with van der Waals surface area (Å²) in [5.74, 6) is -0.971. The van der Waals surface area contributed by atoms with Gasteiger partial charge in [0.1, 0.15) is 0 Å². The van der Waals surface area contributed by atoms with Gasteiger partial charge < -0.3 is 10.3 Å². The number of benzene rings is 1. The summed E-state index contributed by atoms with van der Waals surface area (Å²) >= 11 is 0. The summed E-state index contributed by atoms with van der Waals surface area (Å²) in [5.41, 5.74) is 0.408. The highest BCUT2D eigenvalue weighted by molar-refractivity contribution is 5.88. The van der Waals surface area contributed by atoms with Gasteiger partial charge in [0.2, 0.25) is 0 Å². The summed E-state index contributed by atoms with van der Waals surface area (Å²) in [5, 5.41) is 20.3. The number of carboxylic acids is 1. The number of hydroxylamine groups is 1. The number of hydrogen-bond acceptors (Lipinski definition) is 2. The van der Waals surface area contributed by atoms with Crippen LogP contribution in [0.1, 0.15) is 36.7 Å². The first-order valence-corrected chi connectivity index (χ1v) is 4.95. The molecule has 0 saturated carbocycles. The molecule has 1 aromatic rings. The maximum absolute atomic E-state index is 11.6. The Kier molecular flexibility index (Phi) is 3.32. The molecular formula is C12H15NO3. The minimum atomic E-state index is -0.971. The fraction of sp³-hybridized carbons (Fsp3) is 0.333. The average Bonchev–Trinajstić information content (AvgIpc) is 2.17. The maximum Gasteiger partial charge on any atom is 0.335 e. The van der Waals surface area contributed by atoms with Crippen molar-refractivity contribution in [1.82, 2.24) is 0 Å². The number of carboxylic acid groups (broad SMARTS) is 1. The lowest BCUT2D eigenvalue weighted by atomic mass is 10.1. The van der Waals surface area contributed by atoms with E-state index in [4.69, 9.17) is 5.11 Å². The molecule has 4 nitrogen and oxygen atoms in total. The second-order valence-corrected chi connectivity index (χ2v) is 4.55. The van der Waals surface area contributed by atoms with Crippen LogP contribution in [0.3, 0.4) is 0 Å². The Labute approximate surface area is 94.4 Å². The van der Waals surface area contributed by atoms with Crippen LogP contribution in [0.5, 0.6) is 0 Å². The van der Waals surface area contributed by atoms with E-state index in [9.17, 15) is 10.0 Å². The molecule has 0 atom stereocenters. The lowest BCUT2D eigenvalue weighted by Crippen LogP contribution is -2.29. The molecule has 4 heteroatoms. The van der Waals surface area contributed by atoms with Crippen LogP contribution in [-0.4, -0.2) is 27.6 Å². The van der Waals surface area contributed by atoms with Crippen molar-refractivity contribution in [1.29, 1.82) is 0 Å². The van der Waals surface area contributed by atoms with Gasteiger partial charge >= 0.3 is 5.97 Å². The van der Waals surface area contributed by atoms with E-state index in [0.717, 1.165) is 4.74 Å². The van der Waals surface area contributed by atoms with Crippen molar-refractivity contribution in [3.8, 4) is 0 Å². The number of aromatic carboxylic acids is 1. The second kappa shape index (κ2) is 4.35. The van der Waals surface area contributed by atoms with E-state index in [1.165, 1.54) is 18.3 Å². The van der Waals surface area contributed by atoms with Crippen LogP contribution in [0, 0.1) is 5.21 Å². The third-order valence-corrected chi connectivity index (χ3v) is 2.09. The maximum atomic E-state index is 11.6. The van der Waals surface area contributed by atoms with Crippen molar-refractivity contribution in [2.75, 3.05) is 0 Å². The molecule has 0 spiro atoms. The minimum Gasteiger partial charge on any atom is -0.623 e. The Bertz CT molecular complexity index is 413. The van der Waals surface area contributed by atoms with E-state index in [1.807, 2.05) is 20.8 Å². The van der Waals surface area contributed by atoms with Gasteiger partial charge in [-0.1, -0.05) is 0 Å². The van der Waals surface area contributed by atoms with Gasteiger partial charge in [-0.25, -0.2) is 9.53 Å². The van der Waals surface area contributed by atoms with Crippen LogP contribution in [-0.2, 0) is 0 Å². The highest BCUT2D eigenvalue weighted by Gasteiger charge is 2.17. The van der Waals surface area contributed by atoms with Gasteiger partial charge in [0.25, 0.3) is 0 Å². The molecule has 0 bridgehead atoms. The van der Waals surface area contributed by atoms with Crippen molar-refractivity contribution in [3.63, 3.8) is 0 Å². The van der Waals surface area contributed by atoms with E-state index in [0.29, 0.717) is 5.56 Å². The molecule has 0 saturated heterocycles. The zero-order valence-corrected chi connectivity index (χ0v) is 9.60. The predicted molar refractivity (Wildman–Crippen MR) is 61.9 cm³/mol. The Hall–Kier alpha value is -1.84. The molecule has 0 aliphatic carbocycles. The molecule has 0 radical (unpaired) electrons. The fourth-order valence-electron chi connectivity index (χ4n) is 1.04. The lowest BCUT2D eigenvalue weighted by molar-refractivity contribution is -0.530. The SMILES string of the molecule is CC(C)(C)/[N+]([O-])=C/c1ccc(C(=O)O)cc1. The molecule has 0 unspecified atom stereocenters. The monoisotopic (exact) mass is 221 g/mol. The zero-order chi connectivity index (χ0) is 12.3. The second-order valence-electron chi connectivity index (χ2n) is 4.55. The normalized spacial score (nSPS) is 12.6. The Balaban J connectivity index is 2.96. The molecule has 16 heavy (non-hydrogen) atoms. The van der Waals surface area contributed by atoms with Gasteiger partial charge in [-0.2, -0.15) is 0 Å². The summed E-state index contributed by atoms with van der Waals surface area (Å²) in [6, 6.07) is 6.18. The first-order valence-electron chi connectivity index (χ1n) is 4.95. The van der Waals surface area contributed by atoms with Gasteiger partial charge in [0.05, 0.1) is 5.56 Å². The Morgan fingerprint density at radius 3 is 2.19 bits per heavy atom. The minimum absolute atomic E-state index is 0.213. The zero-order valence-electron chi connectivity index (χ0n) is 9.60. The van der Waals surface area contributed by atoms with E-state index in [-0.39, 0.29) is 5.56 Å². The average molecular weight is 221 g/mol. The summed E-state index contributed by atoms with van der Waals surface area (Å²) in [6.45, 7) is 5.42. The summed E-state index contributed by atoms with van der Waals surface area (Å²) in [6.07, 6.45) is 1.45. The van der Waals surface area contributed by atoms with E-state index >= 15 is 0 Å². The number of hydrogen-bond donors (Lipinski definition) is 1. The van der Waals surface area contributed by atoms with Gasteiger partial charge in [-0.3, -0.25) is 0 Å². The smallest absolute Gasteiger partial charge is 0.335 e. The molecule has 86 valence electrons. The summed E-state index contributed by atoms with van der Waals surface area (Å²) in [7, 11) is 0. The van der Waals surface area contributed by atoms with Crippen LogP contribution in [0.4, 0.5) is 0 Å². The van der Waals surface area contributed by atoms with Gasteiger partial charge in [-0.15, -0.1) is 0 Å². The van der Waals surface area contributed by atoms with Crippen LogP contribution in [0.2, 0.25) is 0 Å². The molecule has 1 N–H and O–H groups in total. The van der Waals surface area contributed by atoms with Crippen molar-refractivity contribution in [2.45, 2.75) is 26.3 Å². The van der Waals surface area contributed by atoms with Crippen molar-refractivity contribution >= 4 is 12.2 Å². The standard InChI is InChI=1S/C12H15NO3/c1-12(2,3)13(16)8-9-4-6-10(7-5-9)11(14)15/h4-8H,1-3H3,(H,14,15)/b13-8-. The molecule has 1 aromatic carbocycles. The van der Waals surface area contributed by atoms with Crippen LogP contribution in [0.15, 0.2) is 24.3 Å². The van der Waals surface area contributed by atoms with E-state index < -0.39 is 11.5 Å². The fourth-order valence-corrected chi connectivity index (χ4v) is 1.04. The van der Waals surface area contributed by atoms with Crippen molar-refractivity contribution in [2.24, 2.45) is 0 Å². The third-order valence-electron chi connectivity index (χ3n) is 2.09. The molecule has 0 heterocycles. The quantitative estimate of drug-likeness (QED) is 0.360. The van der Waals surface area contributed by atoms with E-state index in [2.05, 4.69) is 0 Å². The summed E-state index contributed by atoms with van der Waals surface area (Å²) in [4.78, 5) is 10.6. The van der Waals surface area contributed by atoms with Crippen LogP contribution in [0.25, 0.3) is 0 Å². The largest absolute Gasteiger partial charge is 0.623 e. The lowest BCUT2D eigenvalue weighted by Gasteiger charge is -2.18. The Morgan fingerprint density at radius 2 is 1.81 bits per heavy atom. The molecule has 1 rings (SSSR count). The molecule has 0 aromatic heterocycles. The molecular weight excluding hydrogens is 206 g/mol. The third kappa shape index (κ3) is 3.08. The molecule has 0 fully saturated rings. The number of nitrogens with zero attached hydrogens (tertiary/aromatic N) is 1. The van der Waals surface area contributed by atoms with Gasteiger partial charge in [0.15, 0.2) is 11.8 Å². The van der Waals surface area contributed by atoms with Crippen molar-refractivity contribution in [3.05, 3.63) is 40.6 Å². The highest BCUT2D eigenvalue weighted by Crippen LogP contribution is 2.07. The highest BCUT2D eigenvalue weighted by atomic mass is 16.5. The Morgan fingerprint density at radius 1 is 1.31 bits per heavy atom. The molecule has 0 aliphatic heterocycles. The first kappa shape index (κ1) is 12.2.